The van der Waals surface area contributed by atoms with Crippen molar-refractivity contribution in [3.8, 4) is 0 Å². The molecule has 1 aromatic carbocycles. The van der Waals surface area contributed by atoms with E-state index in [-0.39, 0.29) is 14.8 Å². The van der Waals surface area contributed by atoms with E-state index in [2.05, 4.69) is 0 Å². The van der Waals surface area contributed by atoms with Crippen molar-refractivity contribution in [1.29, 1.82) is 0 Å². The van der Waals surface area contributed by atoms with Gasteiger partial charge in [-0.3, -0.25) is 0 Å². The Labute approximate surface area is 118 Å². The maximum absolute atomic E-state index is 12.4. The van der Waals surface area contributed by atoms with Crippen molar-refractivity contribution in [2.75, 3.05) is 19.3 Å². The molecule has 1 aliphatic rings. The molecule has 0 unspecified atom stereocenters. The third-order valence-corrected chi connectivity index (χ3v) is 6.50. The minimum Gasteiger partial charge on any atom is -0.224 e. The molecule has 0 spiro atoms. The van der Waals surface area contributed by atoms with E-state index in [4.69, 9.17) is 11.6 Å². The van der Waals surface area contributed by atoms with Crippen LogP contribution in [0.4, 0.5) is 0 Å². The highest BCUT2D eigenvalue weighted by Gasteiger charge is 2.29. The molecule has 0 atom stereocenters. The van der Waals surface area contributed by atoms with E-state index >= 15 is 0 Å². The van der Waals surface area contributed by atoms with Gasteiger partial charge in [0.1, 0.15) is 4.90 Å². The molecule has 1 fully saturated rings. The van der Waals surface area contributed by atoms with E-state index in [1.807, 2.05) is 0 Å². The fourth-order valence-corrected chi connectivity index (χ4v) is 4.72. The van der Waals surface area contributed by atoms with Crippen LogP contribution in [0.5, 0.6) is 0 Å². The highest BCUT2D eigenvalue weighted by molar-refractivity contribution is 7.91. The second-order valence-corrected chi connectivity index (χ2v) is 8.80. The van der Waals surface area contributed by atoms with Crippen LogP contribution in [0.3, 0.4) is 0 Å². The molecule has 106 valence electrons. The van der Waals surface area contributed by atoms with Crippen LogP contribution < -0.4 is 0 Å². The molecule has 0 amide bonds. The predicted molar refractivity (Wildman–Crippen MR) is 72.6 cm³/mol. The van der Waals surface area contributed by atoms with Gasteiger partial charge in [0, 0.05) is 19.3 Å². The summed E-state index contributed by atoms with van der Waals surface area (Å²) < 4.78 is 49.1. The van der Waals surface area contributed by atoms with Crippen molar-refractivity contribution in [2.45, 2.75) is 22.6 Å². The van der Waals surface area contributed by atoms with Gasteiger partial charge >= 0.3 is 0 Å². The summed E-state index contributed by atoms with van der Waals surface area (Å²) in [6, 6.07) is 3.74. The lowest BCUT2D eigenvalue weighted by molar-refractivity contribution is 0.477. The molecule has 1 aliphatic heterocycles. The Morgan fingerprint density at radius 1 is 1.11 bits per heavy atom. The zero-order chi connectivity index (χ0) is 14.3. The molecule has 2 rings (SSSR count). The first-order chi connectivity index (χ1) is 8.73. The van der Waals surface area contributed by atoms with Crippen LogP contribution in [-0.2, 0) is 19.9 Å². The summed E-state index contributed by atoms with van der Waals surface area (Å²) >= 11 is 5.91. The smallest absolute Gasteiger partial charge is 0.224 e. The van der Waals surface area contributed by atoms with Crippen molar-refractivity contribution in [3.05, 3.63) is 23.2 Å². The SMILES string of the molecule is CS(=O)(=O)c1ccc(Cl)c(S(=O)(=O)N2CCCC2)c1. The van der Waals surface area contributed by atoms with Gasteiger partial charge in [-0.1, -0.05) is 11.6 Å². The molecule has 19 heavy (non-hydrogen) atoms. The number of rotatable bonds is 3. The zero-order valence-electron chi connectivity index (χ0n) is 10.3. The van der Waals surface area contributed by atoms with E-state index < -0.39 is 19.9 Å². The lowest BCUT2D eigenvalue weighted by atomic mass is 10.4. The Kier molecular flexibility index (Phi) is 3.92. The first-order valence-corrected chi connectivity index (χ1v) is 9.43. The average molecular weight is 324 g/mol. The second-order valence-electron chi connectivity index (χ2n) is 4.48. The Morgan fingerprint density at radius 3 is 2.21 bits per heavy atom. The van der Waals surface area contributed by atoms with Gasteiger partial charge < -0.3 is 0 Å². The second kappa shape index (κ2) is 5.05. The molecule has 0 N–H and O–H groups in total. The van der Waals surface area contributed by atoms with E-state index in [9.17, 15) is 16.8 Å². The van der Waals surface area contributed by atoms with Gasteiger partial charge in [-0.05, 0) is 31.0 Å². The zero-order valence-corrected chi connectivity index (χ0v) is 12.7. The van der Waals surface area contributed by atoms with Gasteiger partial charge in [0.15, 0.2) is 9.84 Å². The van der Waals surface area contributed by atoms with Crippen LogP contribution >= 0.6 is 11.6 Å². The van der Waals surface area contributed by atoms with E-state index in [0.717, 1.165) is 25.2 Å². The van der Waals surface area contributed by atoms with Crippen LogP contribution in [0.15, 0.2) is 28.0 Å². The number of sulfonamides is 1. The number of hydrogen-bond donors (Lipinski definition) is 0. The molecule has 0 bridgehead atoms. The summed E-state index contributed by atoms with van der Waals surface area (Å²) in [5, 5.41) is 0.0410. The molecule has 8 heteroatoms. The third-order valence-electron chi connectivity index (χ3n) is 3.01. The standard InChI is InChI=1S/C11H14ClNO4S2/c1-18(14,15)9-4-5-10(12)11(8-9)19(16,17)13-6-2-3-7-13/h4-5,8H,2-3,6-7H2,1H3. The number of nitrogens with zero attached hydrogens (tertiary/aromatic N) is 1. The summed E-state index contributed by atoms with van der Waals surface area (Å²) in [7, 11) is -7.18. The van der Waals surface area contributed by atoms with Gasteiger partial charge in [-0.15, -0.1) is 0 Å². The largest absolute Gasteiger partial charge is 0.244 e. The molecule has 1 saturated heterocycles. The molecule has 0 aliphatic carbocycles. The van der Waals surface area contributed by atoms with Gasteiger partial charge in [-0.2, -0.15) is 4.31 Å². The van der Waals surface area contributed by atoms with E-state index in [1.165, 1.54) is 16.4 Å². The van der Waals surface area contributed by atoms with Crippen LogP contribution in [0.25, 0.3) is 0 Å². The maximum Gasteiger partial charge on any atom is 0.244 e. The third kappa shape index (κ3) is 2.94. The minimum atomic E-state index is -3.72. The van der Waals surface area contributed by atoms with Gasteiger partial charge in [0.05, 0.1) is 9.92 Å². The molecule has 1 heterocycles. The lowest BCUT2D eigenvalue weighted by Crippen LogP contribution is -2.28. The Balaban J connectivity index is 2.55. The first-order valence-electron chi connectivity index (χ1n) is 5.73. The van der Waals surface area contributed by atoms with Crippen molar-refractivity contribution in [3.63, 3.8) is 0 Å². The minimum absolute atomic E-state index is 0.0410. The van der Waals surface area contributed by atoms with Gasteiger partial charge in [0.2, 0.25) is 10.0 Å². The summed E-state index contributed by atoms with van der Waals surface area (Å²) in [6.45, 7) is 0.892. The van der Waals surface area contributed by atoms with E-state index in [0.29, 0.717) is 13.1 Å². The molecule has 0 radical (unpaired) electrons. The molecule has 5 nitrogen and oxygen atoms in total. The van der Waals surface area contributed by atoms with Crippen LogP contribution in [0.1, 0.15) is 12.8 Å². The van der Waals surface area contributed by atoms with Crippen LogP contribution in [0.2, 0.25) is 5.02 Å². The summed E-state index contributed by atoms with van der Waals surface area (Å²) in [5.74, 6) is 0. The number of hydrogen-bond acceptors (Lipinski definition) is 4. The molecular weight excluding hydrogens is 310 g/mol. The molecule has 0 saturated carbocycles. The Bertz CT molecular complexity index is 691. The fourth-order valence-electron chi connectivity index (χ4n) is 1.98. The lowest BCUT2D eigenvalue weighted by Gasteiger charge is -2.16. The normalized spacial score (nSPS) is 17.8. The quantitative estimate of drug-likeness (QED) is 0.845. The van der Waals surface area contributed by atoms with Crippen molar-refractivity contribution in [1.82, 2.24) is 4.31 Å². The van der Waals surface area contributed by atoms with Crippen molar-refractivity contribution >= 4 is 31.5 Å². The maximum atomic E-state index is 12.4. The summed E-state index contributed by atoms with van der Waals surface area (Å²) in [5.41, 5.74) is 0. The summed E-state index contributed by atoms with van der Waals surface area (Å²) in [4.78, 5) is -0.186. The predicted octanol–water partition coefficient (Wildman–Crippen LogP) is 1.53. The fraction of sp³-hybridized carbons (Fsp3) is 0.455. The topological polar surface area (TPSA) is 71.5 Å². The van der Waals surface area contributed by atoms with Gasteiger partial charge in [-0.25, -0.2) is 16.8 Å². The highest BCUT2D eigenvalue weighted by atomic mass is 35.5. The summed E-state index contributed by atoms with van der Waals surface area (Å²) in [6.07, 6.45) is 2.65. The molecule has 0 aromatic heterocycles. The average Bonchev–Trinajstić information content (AvgIpc) is 2.81. The van der Waals surface area contributed by atoms with E-state index in [1.54, 1.807) is 0 Å². The highest BCUT2D eigenvalue weighted by Crippen LogP contribution is 2.29. The Morgan fingerprint density at radius 2 is 1.68 bits per heavy atom. The van der Waals surface area contributed by atoms with Crippen LogP contribution in [0, 0.1) is 0 Å². The van der Waals surface area contributed by atoms with Crippen LogP contribution in [-0.4, -0.2) is 40.5 Å². The van der Waals surface area contributed by atoms with Crippen molar-refractivity contribution < 1.29 is 16.8 Å². The molecule has 1 aromatic rings. The van der Waals surface area contributed by atoms with Gasteiger partial charge in [0.25, 0.3) is 0 Å². The Hall–Kier alpha value is -0.630. The first kappa shape index (κ1) is 14.8. The number of benzene rings is 1. The molecular formula is C11H14ClNO4S2. The monoisotopic (exact) mass is 323 g/mol. The number of sulfone groups is 1. The van der Waals surface area contributed by atoms with Crippen molar-refractivity contribution in [2.24, 2.45) is 0 Å². The number of halogens is 1.